The zero-order chi connectivity index (χ0) is 14.3. The SMILES string of the molecule is OCCC(O)Cc1cnc(C(O)C(O)CCO)cn1. The smallest absolute Gasteiger partial charge is 0.123 e. The summed E-state index contributed by atoms with van der Waals surface area (Å²) in [6.45, 7) is -0.324. The Labute approximate surface area is 111 Å². The molecule has 1 aromatic rings. The van der Waals surface area contributed by atoms with Gasteiger partial charge in [0, 0.05) is 25.8 Å². The van der Waals surface area contributed by atoms with Gasteiger partial charge < -0.3 is 25.5 Å². The van der Waals surface area contributed by atoms with Crippen molar-refractivity contribution in [3.8, 4) is 0 Å². The van der Waals surface area contributed by atoms with Gasteiger partial charge in [0.05, 0.1) is 29.8 Å². The van der Waals surface area contributed by atoms with E-state index in [4.69, 9.17) is 10.2 Å². The number of aliphatic hydroxyl groups is 5. The molecule has 0 bridgehead atoms. The molecule has 3 unspecified atom stereocenters. The molecule has 0 saturated heterocycles. The molecule has 7 heteroatoms. The van der Waals surface area contributed by atoms with E-state index in [2.05, 4.69) is 9.97 Å². The lowest BCUT2D eigenvalue weighted by Crippen LogP contribution is -2.21. The molecular formula is C12H20N2O5. The minimum absolute atomic E-state index is 0.0554. The van der Waals surface area contributed by atoms with Crippen LogP contribution in [0.4, 0.5) is 0 Å². The number of nitrogens with zero attached hydrogens (tertiary/aromatic N) is 2. The van der Waals surface area contributed by atoms with Gasteiger partial charge >= 0.3 is 0 Å². The summed E-state index contributed by atoms with van der Waals surface area (Å²) in [5.74, 6) is 0. The Kier molecular flexibility index (Phi) is 6.82. The summed E-state index contributed by atoms with van der Waals surface area (Å²) in [6.07, 6.45) is 0.345. The van der Waals surface area contributed by atoms with E-state index in [9.17, 15) is 15.3 Å². The molecule has 19 heavy (non-hydrogen) atoms. The van der Waals surface area contributed by atoms with E-state index in [1.54, 1.807) is 0 Å². The fourth-order valence-electron chi connectivity index (χ4n) is 1.60. The topological polar surface area (TPSA) is 127 Å². The zero-order valence-electron chi connectivity index (χ0n) is 10.6. The molecule has 108 valence electrons. The first-order valence-corrected chi connectivity index (χ1v) is 6.15. The van der Waals surface area contributed by atoms with Crippen molar-refractivity contribution in [1.82, 2.24) is 9.97 Å². The third-order valence-electron chi connectivity index (χ3n) is 2.72. The maximum absolute atomic E-state index is 9.73. The predicted octanol–water partition coefficient (Wildman–Crippen LogP) is -1.46. The lowest BCUT2D eigenvalue weighted by molar-refractivity contribution is 0.00166. The van der Waals surface area contributed by atoms with E-state index >= 15 is 0 Å². The van der Waals surface area contributed by atoms with E-state index in [-0.39, 0.29) is 38.2 Å². The molecule has 0 aliphatic carbocycles. The lowest BCUT2D eigenvalue weighted by Gasteiger charge is -2.16. The molecule has 7 nitrogen and oxygen atoms in total. The summed E-state index contributed by atoms with van der Waals surface area (Å²) < 4.78 is 0. The van der Waals surface area contributed by atoms with Crippen LogP contribution in [0.25, 0.3) is 0 Å². The number of rotatable bonds is 8. The molecule has 0 radical (unpaired) electrons. The van der Waals surface area contributed by atoms with Crippen LogP contribution in [0.2, 0.25) is 0 Å². The predicted molar refractivity (Wildman–Crippen MR) is 66.1 cm³/mol. The second-order valence-corrected chi connectivity index (χ2v) is 4.33. The van der Waals surface area contributed by atoms with Gasteiger partial charge in [0.25, 0.3) is 0 Å². The maximum Gasteiger partial charge on any atom is 0.123 e. The number of hydrogen-bond donors (Lipinski definition) is 5. The molecule has 0 aliphatic heterocycles. The van der Waals surface area contributed by atoms with Gasteiger partial charge in [-0.1, -0.05) is 0 Å². The van der Waals surface area contributed by atoms with Crippen molar-refractivity contribution >= 4 is 0 Å². The highest BCUT2D eigenvalue weighted by molar-refractivity contribution is 5.07. The van der Waals surface area contributed by atoms with Crippen LogP contribution >= 0.6 is 0 Å². The van der Waals surface area contributed by atoms with Crippen LogP contribution in [0.3, 0.4) is 0 Å². The standard InChI is InChI=1S/C12H20N2O5/c15-3-1-9(17)5-8-6-14-10(7-13-8)12(19)11(18)2-4-16/h6-7,9,11-12,15-19H,1-5H2. The van der Waals surface area contributed by atoms with Crippen molar-refractivity contribution in [1.29, 1.82) is 0 Å². The second kappa shape index (κ2) is 8.13. The van der Waals surface area contributed by atoms with Crippen LogP contribution in [-0.4, -0.2) is 60.9 Å². The highest BCUT2D eigenvalue weighted by atomic mass is 16.3. The molecule has 0 amide bonds. The van der Waals surface area contributed by atoms with Crippen molar-refractivity contribution < 1.29 is 25.5 Å². The zero-order valence-corrected chi connectivity index (χ0v) is 10.6. The van der Waals surface area contributed by atoms with Gasteiger partial charge in [-0.05, 0) is 12.8 Å². The molecule has 0 saturated carbocycles. The van der Waals surface area contributed by atoms with E-state index in [0.29, 0.717) is 5.69 Å². The van der Waals surface area contributed by atoms with Crippen molar-refractivity contribution in [2.24, 2.45) is 0 Å². The first-order chi connectivity index (χ1) is 9.08. The van der Waals surface area contributed by atoms with Crippen molar-refractivity contribution in [3.05, 3.63) is 23.8 Å². The number of aromatic nitrogens is 2. The molecule has 3 atom stereocenters. The lowest BCUT2D eigenvalue weighted by atomic mass is 10.1. The van der Waals surface area contributed by atoms with Gasteiger partial charge in [-0.3, -0.25) is 9.97 Å². The largest absolute Gasteiger partial charge is 0.396 e. The first-order valence-electron chi connectivity index (χ1n) is 6.15. The molecule has 0 fully saturated rings. The van der Waals surface area contributed by atoms with Crippen LogP contribution in [0.1, 0.15) is 30.3 Å². The van der Waals surface area contributed by atoms with Gasteiger partial charge in [0.15, 0.2) is 0 Å². The van der Waals surface area contributed by atoms with Gasteiger partial charge in [-0.25, -0.2) is 0 Å². The molecule has 0 spiro atoms. The number of hydrogen-bond acceptors (Lipinski definition) is 7. The Bertz CT molecular complexity index is 360. The summed E-state index contributed by atoms with van der Waals surface area (Å²) in [6, 6.07) is 0. The normalized spacial score (nSPS) is 16.1. The third-order valence-corrected chi connectivity index (χ3v) is 2.72. The second-order valence-electron chi connectivity index (χ2n) is 4.33. The fraction of sp³-hybridized carbons (Fsp3) is 0.667. The Balaban J connectivity index is 2.60. The third kappa shape index (κ3) is 5.17. The summed E-state index contributed by atoms with van der Waals surface area (Å²) in [5.41, 5.74) is 0.745. The minimum Gasteiger partial charge on any atom is -0.396 e. The Morgan fingerprint density at radius 3 is 2.16 bits per heavy atom. The Hall–Kier alpha value is -1.12. The van der Waals surface area contributed by atoms with Crippen molar-refractivity contribution in [3.63, 3.8) is 0 Å². The molecule has 5 N–H and O–H groups in total. The molecule has 1 heterocycles. The summed E-state index contributed by atoms with van der Waals surface area (Å²) >= 11 is 0. The van der Waals surface area contributed by atoms with Gasteiger partial charge in [-0.15, -0.1) is 0 Å². The maximum atomic E-state index is 9.73. The average molecular weight is 272 g/mol. The van der Waals surface area contributed by atoms with Crippen LogP contribution in [0, 0.1) is 0 Å². The molecule has 0 aliphatic rings. The molecular weight excluding hydrogens is 252 g/mol. The van der Waals surface area contributed by atoms with E-state index in [1.807, 2.05) is 0 Å². The molecule has 1 rings (SSSR count). The Morgan fingerprint density at radius 1 is 0.947 bits per heavy atom. The van der Waals surface area contributed by atoms with E-state index < -0.39 is 18.3 Å². The Morgan fingerprint density at radius 2 is 1.63 bits per heavy atom. The number of aliphatic hydroxyl groups excluding tert-OH is 5. The van der Waals surface area contributed by atoms with Crippen LogP contribution < -0.4 is 0 Å². The minimum atomic E-state index is -1.20. The molecule has 0 aromatic carbocycles. The van der Waals surface area contributed by atoms with Crippen molar-refractivity contribution in [2.75, 3.05) is 13.2 Å². The monoisotopic (exact) mass is 272 g/mol. The fourth-order valence-corrected chi connectivity index (χ4v) is 1.60. The van der Waals surface area contributed by atoms with Gasteiger partial charge in [-0.2, -0.15) is 0 Å². The van der Waals surface area contributed by atoms with Gasteiger partial charge in [0.2, 0.25) is 0 Å². The van der Waals surface area contributed by atoms with Gasteiger partial charge in [0.1, 0.15) is 6.10 Å². The summed E-state index contributed by atoms with van der Waals surface area (Å²) in [5, 5.41) is 46.1. The average Bonchev–Trinajstić information content (AvgIpc) is 2.39. The quantitative estimate of drug-likeness (QED) is 0.391. The van der Waals surface area contributed by atoms with E-state index in [0.717, 1.165) is 0 Å². The molecule has 1 aromatic heterocycles. The summed E-state index contributed by atoms with van der Waals surface area (Å²) in [4.78, 5) is 7.99. The highest BCUT2D eigenvalue weighted by Crippen LogP contribution is 2.16. The van der Waals surface area contributed by atoms with E-state index in [1.165, 1.54) is 12.4 Å². The van der Waals surface area contributed by atoms with Crippen LogP contribution in [0.5, 0.6) is 0 Å². The van der Waals surface area contributed by atoms with Crippen LogP contribution in [0.15, 0.2) is 12.4 Å². The van der Waals surface area contributed by atoms with Crippen molar-refractivity contribution in [2.45, 2.75) is 37.6 Å². The first kappa shape index (κ1) is 15.9. The van der Waals surface area contributed by atoms with Crippen LogP contribution in [-0.2, 0) is 6.42 Å². The summed E-state index contributed by atoms with van der Waals surface area (Å²) in [7, 11) is 0. The highest BCUT2D eigenvalue weighted by Gasteiger charge is 2.19.